The minimum atomic E-state index is -0.583. The van der Waals surface area contributed by atoms with Crippen LogP contribution in [0.2, 0.25) is 0 Å². The quantitative estimate of drug-likeness (QED) is 0.277. The first-order valence-corrected chi connectivity index (χ1v) is 9.83. The molecule has 5 nitrogen and oxygen atoms in total. The predicted octanol–water partition coefficient (Wildman–Crippen LogP) is 5.69. The molecule has 31 heavy (non-hydrogen) atoms. The summed E-state index contributed by atoms with van der Waals surface area (Å²) in [6, 6.07) is 27.7. The van der Waals surface area contributed by atoms with Crippen molar-refractivity contribution in [1.82, 2.24) is 4.98 Å². The number of ketones is 1. The Morgan fingerprint density at radius 1 is 0.839 bits per heavy atom. The topological polar surface area (TPSA) is 69.4 Å². The van der Waals surface area contributed by atoms with Gasteiger partial charge in [0.05, 0.1) is 16.8 Å². The summed E-state index contributed by atoms with van der Waals surface area (Å²) in [6.07, 6.45) is 0. The summed E-state index contributed by atoms with van der Waals surface area (Å²) < 4.78 is 10.9. The molecule has 0 aliphatic heterocycles. The number of rotatable bonds is 5. The lowest BCUT2D eigenvalue weighted by molar-refractivity contribution is 0.0470. The van der Waals surface area contributed by atoms with Crippen LogP contribution in [0.5, 0.6) is 0 Å². The molecule has 0 atom stereocenters. The Hall–Kier alpha value is -4.25. The van der Waals surface area contributed by atoms with Gasteiger partial charge in [0.2, 0.25) is 5.78 Å². The Bertz CT molecular complexity index is 1390. The monoisotopic (exact) mass is 407 g/mol. The number of hydrogen-bond donors (Lipinski definition) is 0. The highest BCUT2D eigenvalue weighted by Crippen LogP contribution is 2.25. The van der Waals surface area contributed by atoms with Gasteiger partial charge < -0.3 is 9.15 Å². The second-order valence-corrected chi connectivity index (χ2v) is 7.09. The van der Waals surface area contributed by atoms with Crippen molar-refractivity contribution >= 4 is 33.6 Å². The first-order chi connectivity index (χ1) is 15.2. The average Bonchev–Trinajstić information content (AvgIpc) is 3.26. The van der Waals surface area contributed by atoms with Crippen LogP contribution in [0, 0.1) is 0 Å². The van der Waals surface area contributed by atoms with E-state index in [2.05, 4.69) is 4.98 Å². The van der Waals surface area contributed by atoms with E-state index in [1.54, 1.807) is 18.2 Å². The summed E-state index contributed by atoms with van der Waals surface area (Å²) in [4.78, 5) is 30.1. The van der Waals surface area contributed by atoms with Crippen LogP contribution in [0.1, 0.15) is 20.9 Å². The molecular formula is C26H17NO4. The van der Waals surface area contributed by atoms with Crippen molar-refractivity contribution in [2.75, 3.05) is 6.61 Å². The van der Waals surface area contributed by atoms with Gasteiger partial charge in [-0.2, -0.15) is 0 Å². The minimum Gasteiger partial charge on any atom is -0.454 e. The number of para-hydroxylation sites is 2. The normalized spacial score (nSPS) is 11.0. The molecule has 0 radical (unpaired) electrons. The minimum absolute atomic E-state index is 0.165. The molecule has 0 saturated carbocycles. The first kappa shape index (κ1) is 18.8. The van der Waals surface area contributed by atoms with Gasteiger partial charge >= 0.3 is 5.97 Å². The SMILES string of the molecule is O=C(COC(=O)c1cc(-c2ccccc2)nc2ccccc12)c1cc2ccccc2o1. The third-order valence-corrected chi connectivity index (χ3v) is 5.04. The van der Waals surface area contributed by atoms with Crippen LogP contribution in [-0.2, 0) is 4.74 Å². The number of carbonyl (C=O) groups is 2. The van der Waals surface area contributed by atoms with Gasteiger partial charge in [-0.05, 0) is 24.3 Å². The van der Waals surface area contributed by atoms with Gasteiger partial charge in [0.1, 0.15) is 5.58 Å². The van der Waals surface area contributed by atoms with Gasteiger partial charge in [-0.15, -0.1) is 0 Å². The Balaban J connectivity index is 1.43. The summed E-state index contributed by atoms with van der Waals surface area (Å²) in [5, 5.41) is 1.49. The van der Waals surface area contributed by atoms with Crippen molar-refractivity contribution < 1.29 is 18.7 Å². The molecule has 2 heterocycles. The van der Waals surface area contributed by atoms with E-state index in [-0.39, 0.29) is 5.76 Å². The van der Waals surface area contributed by atoms with Gasteiger partial charge in [-0.25, -0.2) is 9.78 Å². The zero-order valence-electron chi connectivity index (χ0n) is 16.4. The third kappa shape index (κ3) is 3.69. The fourth-order valence-electron chi connectivity index (χ4n) is 3.50. The number of Topliss-reactive ketones (excluding diaryl/α,β-unsaturated/α-hetero) is 1. The highest BCUT2D eigenvalue weighted by molar-refractivity contribution is 6.06. The van der Waals surface area contributed by atoms with Crippen molar-refractivity contribution in [3.63, 3.8) is 0 Å². The number of esters is 1. The number of furan rings is 1. The predicted molar refractivity (Wildman–Crippen MR) is 118 cm³/mol. The molecule has 150 valence electrons. The zero-order valence-corrected chi connectivity index (χ0v) is 16.4. The van der Waals surface area contributed by atoms with E-state index < -0.39 is 18.4 Å². The second-order valence-electron chi connectivity index (χ2n) is 7.09. The van der Waals surface area contributed by atoms with E-state index in [1.165, 1.54) is 0 Å². The number of fused-ring (bicyclic) bond motifs is 2. The number of hydrogen-bond acceptors (Lipinski definition) is 5. The second kappa shape index (κ2) is 7.88. The molecule has 3 aromatic carbocycles. The smallest absolute Gasteiger partial charge is 0.339 e. The maximum atomic E-state index is 12.9. The van der Waals surface area contributed by atoms with E-state index in [1.807, 2.05) is 72.8 Å². The van der Waals surface area contributed by atoms with Gasteiger partial charge in [0, 0.05) is 16.3 Å². The summed E-state index contributed by atoms with van der Waals surface area (Å²) in [7, 11) is 0. The fraction of sp³-hybridized carbons (Fsp3) is 0.0385. The standard InChI is InChI=1S/C26H17NO4/c28-23(25-14-18-10-4-7-13-24(18)31-25)16-30-26(29)20-15-22(17-8-2-1-3-9-17)27-21-12-6-5-11-19(20)21/h1-15H,16H2. The van der Waals surface area contributed by atoms with Crippen molar-refractivity contribution in [1.29, 1.82) is 0 Å². The summed E-state index contributed by atoms with van der Waals surface area (Å²) in [6.45, 7) is -0.407. The number of nitrogens with zero attached hydrogens (tertiary/aromatic N) is 1. The van der Waals surface area contributed by atoms with Crippen molar-refractivity contribution in [2.45, 2.75) is 0 Å². The van der Waals surface area contributed by atoms with E-state index in [9.17, 15) is 9.59 Å². The molecule has 0 N–H and O–H groups in total. The first-order valence-electron chi connectivity index (χ1n) is 9.83. The van der Waals surface area contributed by atoms with Crippen molar-refractivity contribution in [3.8, 4) is 11.3 Å². The van der Waals surface area contributed by atoms with Crippen molar-refractivity contribution in [2.24, 2.45) is 0 Å². The number of aromatic nitrogens is 1. The molecule has 0 amide bonds. The van der Waals surface area contributed by atoms with Crippen LogP contribution < -0.4 is 0 Å². The van der Waals surface area contributed by atoms with Crippen LogP contribution in [0.15, 0.2) is 95.4 Å². The van der Waals surface area contributed by atoms with Crippen LogP contribution in [-0.4, -0.2) is 23.3 Å². The fourth-order valence-corrected chi connectivity index (χ4v) is 3.50. The zero-order chi connectivity index (χ0) is 21.2. The molecular weight excluding hydrogens is 390 g/mol. The molecule has 5 aromatic rings. The summed E-state index contributed by atoms with van der Waals surface area (Å²) in [5.41, 5.74) is 3.21. The highest BCUT2D eigenvalue weighted by atomic mass is 16.5. The highest BCUT2D eigenvalue weighted by Gasteiger charge is 2.19. The van der Waals surface area contributed by atoms with E-state index in [0.717, 1.165) is 10.9 Å². The Morgan fingerprint density at radius 3 is 2.42 bits per heavy atom. The van der Waals surface area contributed by atoms with E-state index >= 15 is 0 Å². The lowest BCUT2D eigenvalue weighted by Crippen LogP contribution is -2.14. The van der Waals surface area contributed by atoms with E-state index in [4.69, 9.17) is 9.15 Å². The molecule has 0 aliphatic carbocycles. The number of carbonyl (C=O) groups excluding carboxylic acids is 2. The van der Waals surface area contributed by atoms with Crippen molar-refractivity contribution in [3.05, 3.63) is 102 Å². The molecule has 5 rings (SSSR count). The molecule has 0 spiro atoms. The van der Waals surface area contributed by atoms with E-state index in [0.29, 0.717) is 27.7 Å². The van der Waals surface area contributed by atoms with Crippen LogP contribution >= 0.6 is 0 Å². The summed E-state index contributed by atoms with van der Waals surface area (Å²) >= 11 is 0. The Morgan fingerprint density at radius 2 is 1.58 bits per heavy atom. The maximum absolute atomic E-state index is 12.9. The van der Waals surface area contributed by atoms with Crippen LogP contribution in [0.4, 0.5) is 0 Å². The van der Waals surface area contributed by atoms with Gasteiger partial charge in [-0.3, -0.25) is 4.79 Å². The molecule has 2 aromatic heterocycles. The largest absolute Gasteiger partial charge is 0.454 e. The van der Waals surface area contributed by atoms with Gasteiger partial charge in [0.15, 0.2) is 12.4 Å². The summed E-state index contributed by atoms with van der Waals surface area (Å²) in [5.74, 6) is -0.815. The molecule has 0 unspecified atom stereocenters. The number of benzene rings is 3. The lowest BCUT2D eigenvalue weighted by atomic mass is 10.0. The molecule has 0 saturated heterocycles. The third-order valence-electron chi connectivity index (χ3n) is 5.04. The van der Waals surface area contributed by atoms with Crippen LogP contribution in [0.25, 0.3) is 33.1 Å². The maximum Gasteiger partial charge on any atom is 0.339 e. The molecule has 0 bridgehead atoms. The number of pyridine rings is 1. The van der Waals surface area contributed by atoms with Gasteiger partial charge in [-0.1, -0.05) is 66.7 Å². The Kier molecular flexibility index (Phi) is 4.77. The lowest BCUT2D eigenvalue weighted by Gasteiger charge is -2.09. The number of ether oxygens (including phenoxy) is 1. The molecule has 0 fully saturated rings. The van der Waals surface area contributed by atoms with Crippen LogP contribution in [0.3, 0.4) is 0 Å². The molecule has 5 heteroatoms. The average molecular weight is 407 g/mol. The van der Waals surface area contributed by atoms with Gasteiger partial charge in [0.25, 0.3) is 0 Å². The Labute approximate surface area is 177 Å². The molecule has 0 aliphatic rings.